The minimum absolute atomic E-state index is 0.0918. The minimum Gasteiger partial charge on any atom is -0.379 e. The predicted molar refractivity (Wildman–Crippen MR) is 79.5 cm³/mol. The van der Waals surface area contributed by atoms with Crippen molar-refractivity contribution in [2.75, 3.05) is 5.75 Å². The molecule has 0 radical (unpaired) electrons. The van der Waals surface area contributed by atoms with E-state index in [0.29, 0.717) is 0 Å². The third-order valence-electron chi connectivity index (χ3n) is 3.15. The summed E-state index contributed by atoms with van der Waals surface area (Å²) in [5.41, 5.74) is 9.85. The van der Waals surface area contributed by atoms with Crippen LogP contribution in [0.3, 0.4) is 0 Å². The first-order valence-corrected chi connectivity index (χ1v) is 7.21. The lowest BCUT2D eigenvalue weighted by atomic mass is 9.81. The lowest BCUT2D eigenvalue weighted by molar-refractivity contribution is 0.474. The topological polar surface area (TPSA) is 38.4 Å². The number of nitrogens with two attached hydrogens (primary N) is 1. The van der Waals surface area contributed by atoms with Gasteiger partial charge in [-0.2, -0.15) is 0 Å². The van der Waals surface area contributed by atoms with E-state index in [4.69, 9.17) is 10.7 Å². The Morgan fingerprint density at radius 3 is 2.47 bits per heavy atom. The van der Waals surface area contributed by atoms with Gasteiger partial charge in [-0.05, 0) is 46.1 Å². The highest BCUT2D eigenvalue weighted by molar-refractivity contribution is 8.13. The van der Waals surface area contributed by atoms with E-state index >= 15 is 0 Å². The molecule has 17 heavy (non-hydrogen) atoms. The average Bonchev–Trinajstić information content (AvgIpc) is 2.25. The summed E-state index contributed by atoms with van der Waals surface area (Å²) in [7, 11) is 0. The fourth-order valence-electron chi connectivity index (χ4n) is 2.30. The van der Waals surface area contributed by atoms with Gasteiger partial charge < -0.3 is 5.73 Å². The second-order valence-corrected chi connectivity index (χ2v) is 6.18. The van der Waals surface area contributed by atoms with Crippen molar-refractivity contribution in [1.29, 1.82) is 0 Å². The molecule has 0 aromatic heterocycles. The summed E-state index contributed by atoms with van der Waals surface area (Å²) in [6, 6.07) is 0. The maximum absolute atomic E-state index is 5.92. The first-order chi connectivity index (χ1) is 7.91. The number of hydrogen-bond acceptors (Lipinski definition) is 3. The lowest BCUT2D eigenvalue weighted by Crippen LogP contribution is -2.35. The van der Waals surface area contributed by atoms with E-state index in [-0.39, 0.29) is 5.54 Å². The van der Waals surface area contributed by atoms with Gasteiger partial charge in [0.15, 0.2) is 5.17 Å². The lowest BCUT2D eigenvalue weighted by Gasteiger charge is -2.34. The summed E-state index contributed by atoms with van der Waals surface area (Å²) >= 11 is 1.67. The monoisotopic (exact) mass is 252 g/mol. The van der Waals surface area contributed by atoms with Gasteiger partial charge in [0.25, 0.3) is 0 Å². The third-order valence-corrected chi connectivity index (χ3v) is 3.94. The number of thioether (sulfide) groups is 1. The van der Waals surface area contributed by atoms with Gasteiger partial charge in [0, 0.05) is 5.75 Å². The Balaban J connectivity index is 3.28. The highest BCUT2D eigenvalue weighted by Crippen LogP contribution is 2.37. The van der Waals surface area contributed by atoms with Crippen LogP contribution in [0.15, 0.2) is 27.8 Å². The zero-order chi connectivity index (χ0) is 13.1. The summed E-state index contributed by atoms with van der Waals surface area (Å²) in [6.45, 7) is 10.8. The zero-order valence-corrected chi connectivity index (χ0v) is 12.4. The van der Waals surface area contributed by atoms with E-state index in [1.807, 2.05) is 0 Å². The predicted octanol–water partition coefficient (Wildman–Crippen LogP) is 3.89. The number of nitrogens with zero attached hydrogens (tertiary/aromatic N) is 1. The van der Waals surface area contributed by atoms with Crippen molar-refractivity contribution in [3.05, 3.63) is 22.8 Å². The van der Waals surface area contributed by atoms with Crippen LogP contribution in [0.1, 0.15) is 47.5 Å². The van der Waals surface area contributed by atoms with Crippen LogP contribution in [0.4, 0.5) is 0 Å². The molecule has 96 valence electrons. The normalized spacial score (nSPS) is 23.9. The van der Waals surface area contributed by atoms with E-state index in [0.717, 1.165) is 23.8 Å². The van der Waals surface area contributed by atoms with Gasteiger partial charge in [0.2, 0.25) is 0 Å². The van der Waals surface area contributed by atoms with Gasteiger partial charge in [-0.15, -0.1) is 0 Å². The molecule has 0 aliphatic carbocycles. The van der Waals surface area contributed by atoms with Crippen LogP contribution in [0.25, 0.3) is 0 Å². The van der Waals surface area contributed by atoms with E-state index in [1.54, 1.807) is 11.8 Å². The Hall–Kier alpha value is -0.700. The van der Waals surface area contributed by atoms with E-state index < -0.39 is 0 Å². The Morgan fingerprint density at radius 2 is 2.06 bits per heavy atom. The second-order valence-electron chi connectivity index (χ2n) is 5.07. The fraction of sp³-hybridized carbons (Fsp3) is 0.643. The van der Waals surface area contributed by atoms with Crippen molar-refractivity contribution < 1.29 is 0 Å². The van der Waals surface area contributed by atoms with Crippen LogP contribution in [0.5, 0.6) is 0 Å². The molecule has 0 bridgehead atoms. The van der Waals surface area contributed by atoms with Gasteiger partial charge in [0.1, 0.15) is 0 Å². The Labute approximate surface area is 109 Å². The molecule has 0 spiro atoms. The number of aliphatic imine (C=N–C) groups is 1. The quantitative estimate of drug-likeness (QED) is 0.774. The molecule has 0 fully saturated rings. The van der Waals surface area contributed by atoms with Crippen molar-refractivity contribution in [3.63, 3.8) is 0 Å². The Morgan fingerprint density at radius 1 is 1.41 bits per heavy atom. The molecule has 0 amide bonds. The number of amidine groups is 1. The summed E-state index contributed by atoms with van der Waals surface area (Å²) in [4.78, 5) is 4.76. The molecule has 0 aromatic rings. The van der Waals surface area contributed by atoms with Gasteiger partial charge in [0.05, 0.1) is 5.54 Å². The first-order valence-electron chi connectivity index (χ1n) is 6.22. The first kappa shape index (κ1) is 14.4. The molecule has 2 nitrogen and oxygen atoms in total. The van der Waals surface area contributed by atoms with Crippen molar-refractivity contribution in [2.45, 2.75) is 53.0 Å². The van der Waals surface area contributed by atoms with Gasteiger partial charge >= 0.3 is 0 Å². The average molecular weight is 252 g/mol. The molecule has 1 heterocycles. The van der Waals surface area contributed by atoms with Crippen LogP contribution < -0.4 is 5.73 Å². The Bertz CT molecular complexity index is 372. The molecule has 1 unspecified atom stereocenters. The van der Waals surface area contributed by atoms with Crippen LogP contribution in [-0.2, 0) is 0 Å². The number of hydrogen-bond donors (Lipinski definition) is 1. The van der Waals surface area contributed by atoms with Crippen LogP contribution in [-0.4, -0.2) is 16.5 Å². The molecule has 1 aliphatic heterocycles. The standard InChI is InChI=1S/C14H24N2S/c1-6-14(7-8-17-13(15)16-14)12(11(4)5)9-10(2)3/h9H,6-8H2,1-5H3,(H2,15,16). The molecule has 0 aromatic carbocycles. The molecule has 0 saturated heterocycles. The summed E-state index contributed by atoms with van der Waals surface area (Å²) in [6.07, 6.45) is 4.36. The maximum Gasteiger partial charge on any atom is 0.154 e. The van der Waals surface area contributed by atoms with E-state index in [2.05, 4.69) is 40.7 Å². The van der Waals surface area contributed by atoms with Crippen molar-refractivity contribution in [3.8, 4) is 0 Å². The number of rotatable bonds is 3. The second kappa shape index (κ2) is 5.76. The molecule has 3 heteroatoms. The molecule has 1 rings (SSSR count). The van der Waals surface area contributed by atoms with E-state index in [9.17, 15) is 0 Å². The fourth-order valence-corrected chi connectivity index (χ4v) is 3.19. The van der Waals surface area contributed by atoms with Crippen molar-refractivity contribution in [1.82, 2.24) is 0 Å². The third kappa shape index (κ3) is 3.38. The van der Waals surface area contributed by atoms with Crippen LogP contribution >= 0.6 is 11.8 Å². The maximum atomic E-state index is 5.92. The molecule has 1 aliphatic rings. The van der Waals surface area contributed by atoms with Crippen molar-refractivity contribution >= 4 is 16.9 Å². The highest BCUT2D eigenvalue weighted by Gasteiger charge is 2.34. The smallest absolute Gasteiger partial charge is 0.154 e. The zero-order valence-electron chi connectivity index (χ0n) is 11.6. The largest absolute Gasteiger partial charge is 0.379 e. The number of allylic oxidation sites excluding steroid dienone is 2. The summed E-state index contributed by atoms with van der Waals surface area (Å²) < 4.78 is 0. The van der Waals surface area contributed by atoms with Gasteiger partial charge in [-0.1, -0.05) is 35.9 Å². The van der Waals surface area contributed by atoms with Crippen LogP contribution in [0, 0.1) is 0 Å². The molecule has 0 saturated carbocycles. The van der Waals surface area contributed by atoms with Gasteiger partial charge in [-0.25, -0.2) is 0 Å². The van der Waals surface area contributed by atoms with E-state index in [1.165, 1.54) is 16.7 Å². The summed E-state index contributed by atoms with van der Waals surface area (Å²) in [5.74, 6) is 1.07. The highest BCUT2D eigenvalue weighted by atomic mass is 32.2. The Kier molecular flexibility index (Phi) is 4.87. The minimum atomic E-state index is -0.0918. The molecule has 1 atom stereocenters. The van der Waals surface area contributed by atoms with Crippen LogP contribution in [0.2, 0.25) is 0 Å². The summed E-state index contributed by atoms with van der Waals surface area (Å²) in [5, 5.41) is 0.735. The van der Waals surface area contributed by atoms with Gasteiger partial charge in [-0.3, -0.25) is 4.99 Å². The SMILES string of the molecule is CCC1(C(C=C(C)C)=C(C)C)CCSC(N)=N1. The molecule has 2 N–H and O–H groups in total. The molecular formula is C14H24N2S. The molecular weight excluding hydrogens is 228 g/mol. The van der Waals surface area contributed by atoms with Crippen molar-refractivity contribution in [2.24, 2.45) is 10.7 Å².